The lowest BCUT2D eigenvalue weighted by Gasteiger charge is -2.13. The number of carbonyl (C=O) groups is 1. The first-order valence-electron chi connectivity index (χ1n) is 7.34. The highest BCUT2D eigenvalue weighted by Gasteiger charge is 2.38. The fourth-order valence-electron chi connectivity index (χ4n) is 2.77. The lowest BCUT2D eigenvalue weighted by atomic mass is 10.1. The van der Waals surface area contributed by atoms with Crippen molar-refractivity contribution in [3.05, 3.63) is 57.8 Å². The van der Waals surface area contributed by atoms with Crippen molar-refractivity contribution in [1.82, 2.24) is 4.90 Å². The number of nitrogens with two attached hydrogens (primary N) is 1. The van der Waals surface area contributed by atoms with Crippen molar-refractivity contribution in [3.8, 4) is 0 Å². The van der Waals surface area contributed by atoms with Gasteiger partial charge >= 0.3 is 0 Å². The van der Waals surface area contributed by atoms with E-state index in [1.165, 1.54) is 21.8 Å². The molecule has 0 aliphatic carbocycles. The fraction of sp³-hybridized carbons (Fsp3) is 0.353. The average molecular weight is 300 g/mol. The van der Waals surface area contributed by atoms with Crippen LogP contribution in [-0.2, 0) is 6.42 Å². The van der Waals surface area contributed by atoms with Gasteiger partial charge in [-0.2, -0.15) is 0 Å². The van der Waals surface area contributed by atoms with Crippen LogP contribution < -0.4 is 5.73 Å². The number of primary amides is 1. The van der Waals surface area contributed by atoms with Gasteiger partial charge in [0.15, 0.2) is 0 Å². The standard InChI is InChI=1S/C17H20N2OS/c1-12(7-8-14-9-10-16(21-14)17(18)20)19-11-15(19)13-5-3-2-4-6-13/h2-6,9-10,12,15H,7-8,11H2,1H3,(H2,18,20)/t12?,15-,19?/m1/s1. The number of amides is 1. The van der Waals surface area contributed by atoms with E-state index in [9.17, 15) is 4.79 Å². The molecule has 1 aromatic carbocycles. The third kappa shape index (κ3) is 3.34. The molecule has 0 spiro atoms. The average Bonchev–Trinajstić information content (AvgIpc) is 3.15. The normalized spacial score (nSPS) is 22.0. The van der Waals surface area contributed by atoms with Gasteiger partial charge < -0.3 is 5.73 Å². The summed E-state index contributed by atoms with van der Waals surface area (Å²) in [5.41, 5.74) is 6.70. The molecule has 0 radical (unpaired) electrons. The Hall–Kier alpha value is -1.65. The molecule has 110 valence electrons. The van der Waals surface area contributed by atoms with Gasteiger partial charge in [0.05, 0.1) is 4.88 Å². The summed E-state index contributed by atoms with van der Waals surface area (Å²) < 4.78 is 0. The molecule has 2 unspecified atom stereocenters. The van der Waals surface area contributed by atoms with Crippen LogP contribution in [0, 0.1) is 0 Å². The number of rotatable bonds is 6. The molecule has 3 atom stereocenters. The molecule has 0 bridgehead atoms. The van der Waals surface area contributed by atoms with Crippen molar-refractivity contribution in [1.29, 1.82) is 0 Å². The van der Waals surface area contributed by atoms with E-state index in [1.807, 2.05) is 12.1 Å². The topological polar surface area (TPSA) is 46.1 Å². The van der Waals surface area contributed by atoms with Crippen LogP contribution in [0.3, 0.4) is 0 Å². The van der Waals surface area contributed by atoms with Crippen LogP contribution in [0.2, 0.25) is 0 Å². The zero-order chi connectivity index (χ0) is 14.8. The monoisotopic (exact) mass is 300 g/mol. The smallest absolute Gasteiger partial charge is 0.258 e. The van der Waals surface area contributed by atoms with Gasteiger partial charge in [-0.3, -0.25) is 9.69 Å². The largest absolute Gasteiger partial charge is 0.365 e. The molecular weight excluding hydrogens is 280 g/mol. The van der Waals surface area contributed by atoms with E-state index in [1.54, 1.807) is 0 Å². The number of aryl methyl sites for hydroxylation is 1. The molecule has 1 fully saturated rings. The van der Waals surface area contributed by atoms with E-state index in [2.05, 4.69) is 42.2 Å². The summed E-state index contributed by atoms with van der Waals surface area (Å²) in [6.07, 6.45) is 2.12. The van der Waals surface area contributed by atoms with Crippen molar-refractivity contribution in [2.75, 3.05) is 6.54 Å². The highest BCUT2D eigenvalue weighted by molar-refractivity contribution is 7.14. The van der Waals surface area contributed by atoms with Crippen molar-refractivity contribution < 1.29 is 4.79 Å². The lowest BCUT2D eigenvalue weighted by molar-refractivity contribution is 0.100. The van der Waals surface area contributed by atoms with E-state index < -0.39 is 0 Å². The number of nitrogens with zero attached hydrogens (tertiary/aromatic N) is 1. The summed E-state index contributed by atoms with van der Waals surface area (Å²) >= 11 is 1.52. The van der Waals surface area contributed by atoms with Gasteiger partial charge in [-0.05, 0) is 37.5 Å². The van der Waals surface area contributed by atoms with Gasteiger partial charge in [0, 0.05) is 23.5 Å². The van der Waals surface area contributed by atoms with E-state index in [0.29, 0.717) is 17.0 Å². The quantitative estimate of drug-likeness (QED) is 0.833. The maximum atomic E-state index is 11.1. The molecule has 0 saturated carbocycles. The van der Waals surface area contributed by atoms with Crippen molar-refractivity contribution in [2.24, 2.45) is 5.73 Å². The van der Waals surface area contributed by atoms with E-state index in [-0.39, 0.29) is 5.91 Å². The minimum Gasteiger partial charge on any atom is -0.365 e. The van der Waals surface area contributed by atoms with Crippen LogP contribution in [0.5, 0.6) is 0 Å². The summed E-state index contributed by atoms with van der Waals surface area (Å²) in [5.74, 6) is -0.325. The van der Waals surface area contributed by atoms with Gasteiger partial charge in [0.1, 0.15) is 0 Å². The van der Waals surface area contributed by atoms with Gasteiger partial charge in [-0.1, -0.05) is 30.3 Å². The van der Waals surface area contributed by atoms with Crippen LogP contribution in [0.4, 0.5) is 0 Å². The number of carbonyl (C=O) groups excluding carboxylic acids is 1. The Morgan fingerprint density at radius 2 is 2.10 bits per heavy atom. The number of hydrogen-bond donors (Lipinski definition) is 1. The van der Waals surface area contributed by atoms with Gasteiger partial charge in [-0.25, -0.2) is 0 Å². The van der Waals surface area contributed by atoms with E-state index in [4.69, 9.17) is 5.73 Å². The molecule has 4 heteroatoms. The molecule has 1 saturated heterocycles. The highest BCUT2D eigenvalue weighted by Crippen LogP contribution is 2.37. The minimum atomic E-state index is -0.325. The molecular formula is C17H20N2OS. The minimum absolute atomic E-state index is 0.325. The maximum absolute atomic E-state index is 11.1. The summed E-state index contributed by atoms with van der Waals surface area (Å²) in [5, 5.41) is 0. The molecule has 1 amide bonds. The lowest BCUT2D eigenvalue weighted by Crippen LogP contribution is -2.15. The van der Waals surface area contributed by atoms with E-state index >= 15 is 0 Å². The molecule has 1 aliphatic heterocycles. The van der Waals surface area contributed by atoms with Crippen LogP contribution in [0.25, 0.3) is 0 Å². The zero-order valence-corrected chi connectivity index (χ0v) is 13.0. The predicted molar refractivity (Wildman–Crippen MR) is 86.5 cm³/mol. The van der Waals surface area contributed by atoms with Crippen LogP contribution in [-0.4, -0.2) is 23.4 Å². The summed E-state index contributed by atoms with van der Waals surface area (Å²) in [6, 6.07) is 15.7. The van der Waals surface area contributed by atoms with Crippen LogP contribution >= 0.6 is 11.3 Å². The maximum Gasteiger partial charge on any atom is 0.258 e. The second-order valence-corrected chi connectivity index (χ2v) is 6.81. The van der Waals surface area contributed by atoms with E-state index in [0.717, 1.165) is 19.4 Å². The van der Waals surface area contributed by atoms with Crippen molar-refractivity contribution in [3.63, 3.8) is 0 Å². The first kappa shape index (κ1) is 14.3. The van der Waals surface area contributed by atoms with Gasteiger partial charge in [-0.15, -0.1) is 11.3 Å². The second-order valence-electron chi connectivity index (χ2n) is 5.64. The molecule has 3 nitrogen and oxygen atoms in total. The molecule has 2 N–H and O–H groups in total. The molecule has 2 aromatic rings. The van der Waals surface area contributed by atoms with Gasteiger partial charge in [0.25, 0.3) is 5.91 Å². The summed E-state index contributed by atoms with van der Waals surface area (Å²) in [7, 11) is 0. The third-order valence-electron chi connectivity index (χ3n) is 4.11. The second kappa shape index (κ2) is 6.00. The van der Waals surface area contributed by atoms with Crippen LogP contribution in [0.1, 0.15) is 39.5 Å². The van der Waals surface area contributed by atoms with Crippen molar-refractivity contribution in [2.45, 2.75) is 31.8 Å². The third-order valence-corrected chi connectivity index (χ3v) is 5.27. The fourth-order valence-corrected chi connectivity index (χ4v) is 3.65. The zero-order valence-electron chi connectivity index (χ0n) is 12.2. The first-order valence-corrected chi connectivity index (χ1v) is 8.16. The van der Waals surface area contributed by atoms with Crippen molar-refractivity contribution >= 4 is 17.2 Å². The van der Waals surface area contributed by atoms with Gasteiger partial charge in [0.2, 0.25) is 0 Å². The molecule has 1 aromatic heterocycles. The molecule has 3 rings (SSSR count). The molecule has 1 aliphatic rings. The number of hydrogen-bond acceptors (Lipinski definition) is 3. The Labute approximate surface area is 129 Å². The predicted octanol–water partition coefficient (Wildman–Crippen LogP) is 3.23. The Balaban J connectivity index is 1.51. The van der Waals surface area contributed by atoms with Crippen LogP contribution in [0.15, 0.2) is 42.5 Å². The highest BCUT2D eigenvalue weighted by atomic mass is 32.1. The first-order chi connectivity index (χ1) is 10.1. The Morgan fingerprint density at radius 3 is 2.76 bits per heavy atom. The summed E-state index contributed by atoms with van der Waals surface area (Å²) in [4.78, 5) is 15.5. The Kier molecular flexibility index (Phi) is 4.08. The SMILES string of the molecule is CC(CCc1ccc(C(N)=O)s1)N1C[C@@H]1c1ccccc1. The molecule has 21 heavy (non-hydrogen) atoms. The Morgan fingerprint density at radius 1 is 1.33 bits per heavy atom. The Bertz CT molecular complexity index is 623. The summed E-state index contributed by atoms with van der Waals surface area (Å²) in [6.45, 7) is 3.44. The number of benzene rings is 1. The molecule has 2 heterocycles. The number of thiophene rings is 1.